The molecule has 98 valence electrons. The third kappa shape index (κ3) is 4.08. The number of carboxylic acid groups (broad SMARTS) is 1. The largest absolute Gasteiger partial charge is 0.494 e. The summed E-state index contributed by atoms with van der Waals surface area (Å²) in [4.78, 5) is 22.3. The standard InChI is InChI=1S/C13H17NO4/c1-3-8-18-11-6-4-10(5-7-11)12(15)14-9(2)13(16)17/h4-7,9H,3,8H2,1-2H3,(H,14,15)(H,16,17)/t9-/m1/s1. The first-order valence-electron chi connectivity index (χ1n) is 5.81. The number of carbonyl (C=O) groups excluding carboxylic acids is 1. The molecule has 0 saturated carbocycles. The van der Waals surface area contributed by atoms with Crippen molar-refractivity contribution in [2.75, 3.05) is 6.61 Å². The van der Waals surface area contributed by atoms with Crippen molar-refractivity contribution in [1.29, 1.82) is 0 Å². The van der Waals surface area contributed by atoms with E-state index in [1.807, 2.05) is 6.92 Å². The fraction of sp³-hybridized carbons (Fsp3) is 0.385. The molecule has 2 N–H and O–H groups in total. The number of carbonyl (C=O) groups is 2. The SMILES string of the molecule is CCCOc1ccc(C(=O)N[C@H](C)C(=O)O)cc1. The Labute approximate surface area is 106 Å². The lowest BCUT2D eigenvalue weighted by molar-refractivity contribution is -0.138. The lowest BCUT2D eigenvalue weighted by atomic mass is 10.2. The maximum absolute atomic E-state index is 11.7. The third-order valence-electron chi connectivity index (χ3n) is 2.31. The van der Waals surface area contributed by atoms with E-state index in [0.29, 0.717) is 17.9 Å². The van der Waals surface area contributed by atoms with Crippen LogP contribution in [-0.2, 0) is 4.79 Å². The van der Waals surface area contributed by atoms with Gasteiger partial charge >= 0.3 is 5.97 Å². The molecule has 0 aliphatic heterocycles. The second-order valence-electron chi connectivity index (χ2n) is 3.91. The Balaban J connectivity index is 2.61. The highest BCUT2D eigenvalue weighted by atomic mass is 16.5. The smallest absolute Gasteiger partial charge is 0.325 e. The number of hydrogen-bond donors (Lipinski definition) is 2. The molecule has 0 spiro atoms. The molecule has 1 amide bonds. The number of hydrogen-bond acceptors (Lipinski definition) is 3. The molecule has 0 aliphatic rings. The Morgan fingerprint density at radius 3 is 2.44 bits per heavy atom. The fourth-order valence-corrected chi connectivity index (χ4v) is 1.26. The van der Waals surface area contributed by atoms with E-state index in [4.69, 9.17) is 9.84 Å². The van der Waals surface area contributed by atoms with Crippen LogP contribution in [0.4, 0.5) is 0 Å². The van der Waals surface area contributed by atoms with E-state index in [9.17, 15) is 9.59 Å². The number of aliphatic carboxylic acids is 1. The monoisotopic (exact) mass is 251 g/mol. The maximum atomic E-state index is 11.7. The molecule has 0 fully saturated rings. The molecule has 1 atom stereocenters. The predicted octanol–water partition coefficient (Wildman–Crippen LogP) is 1.68. The molecule has 1 rings (SSSR count). The predicted molar refractivity (Wildman–Crippen MR) is 66.8 cm³/mol. The van der Waals surface area contributed by atoms with Gasteiger partial charge in [0.1, 0.15) is 11.8 Å². The molecule has 0 bridgehead atoms. The minimum atomic E-state index is -1.06. The first-order valence-corrected chi connectivity index (χ1v) is 5.81. The molecule has 0 aliphatic carbocycles. The lowest BCUT2D eigenvalue weighted by Crippen LogP contribution is -2.38. The average Bonchev–Trinajstić information content (AvgIpc) is 2.36. The number of benzene rings is 1. The van der Waals surface area contributed by atoms with Crippen molar-refractivity contribution in [1.82, 2.24) is 5.32 Å². The number of rotatable bonds is 6. The van der Waals surface area contributed by atoms with Crippen LogP contribution in [0, 0.1) is 0 Å². The van der Waals surface area contributed by atoms with E-state index < -0.39 is 17.9 Å². The molecular formula is C13H17NO4. The summed E-state index contributed by atoms with van der Waals surface area (Å²) < 4.78 is 5.38. The zero-order chi connectivity index (χ0) is 13.5. The molecular weight excluding hydrogens is 234 g/mol. The minimum absolute atomic E-state index is 0.409. The maximum Gasteiger partial charge on any atom is 0.325 e. The first kappa shape index (κ1) is 14.0. The zero-order valence-electron chi connectivity index (χ0n) is 10.5. The van der Waals surface area contributed by atoms with Gasteiger partial charge in [-0.25, -0.2) is 0 Å². The highest BCUT2D eigenvalue weighted by Crippen LogP contribution is 2.12. The number of carboxylic acids is 1. The van der Waals surface area contributed by atoms with Gasteiger partial charge < -0.3 is 15.2 Å². The van der Waals surface area contributed by atoms with Crippen LogP contribution >= 0.6 is 0 Å². The molecule has 0 radical (unpaired) electrons. The van der Waals surface area contributed by atoms with Crippen LogP contribution in [0.15, 0.2) is 24.3 Å². The van der Waals surface area contributed by atoms with Crippen LogP contribution in [-0.4, -0.2) is 29.6 Å². The van der Waals surface area contributed by atoms with E-state index in [2.05, 4.69) is 5.32 Å². The normalized spacial score (nSPS) is 11.7. The molecule has 18 heavy (non-hydrogen) atoms. The summed E-state index contributed by atoms with van der Waals surface area (Å²) >= 11 is 0. The number of ether oxygens (including phenoxy) is 1. The van der Waals surface area contributed by atoms with Gasteiger partial charge in [0.05, 0.1) is 6.61 Å². The summed E-state index contributed by atoms with van der Waals surface area (Å²) in [5.74, 6) is -0.780. The van der Waals surface area contributed by atoms with Crippen molar-refractivity contribution < 1.29 is 19.4 Å². The van der Waals surface area contributed by atoms with E-state index in [1.54, 1.807) is 24.3 Å². The van der Waals surface area contributed by atoms with Gasteiger partial charge in [-0.1, -0.05) is 6.92 Å². The van der Waals surface area contributed by atoms with Gasteiger partial charge in [-0.05, 0) is 37.6 Å². The molecule has 1 aromatic carbocycles. The molecule has 0 unspecified atom stereocenters. The van der Waals surface area contributed by atoms with Crippen molar-refractivity contribution in [3.05, 3.63) is 29.8 Å². The van der Waals surface area contributed by atoms with Crippen LogP contribution < -0.4 is 10.1 Å². The zero-order valence-corrected chi connectivity index (χ0v) is 10.5. The summed E-state index contributed by atoms with van der Waals surface area (Å²) in [5, 5.41) is 11.1. The topological polar surface area (TPSA) is 75.6 Å². The van der Waals surface area contributed by atoms with Gasteiger partial charge in [0.2, 0.25) is 0 Å². The van der Waals surface area contributed by atoms with Crippen LogP contribution in [0.25, 0.3) is 0 Å². The van der Waals surface area contributed by atoms with Crippen molar-refractivity contribution >= 4 is 11.9 Å². The molecule has 0 heterocycles. The third-order valence-corrected chi connectivity index (χ3v) is 2.31. The highest BCUT2D eigenvalue weighted by Gasteiger charge is 2.14. The van der Waals surface area contributed by atoms with Gasteiger partial charge in [-0.15, -0.1) is 0 Å². The molecule has 5 nitrogen and oxygen atoms in total. The fourth-order valence-electron chi connectivity index (χ4n) is 1.26. The Morgan fingerprint density at radius 1 is 1.33 bits per heavy atom. The molecule has 5 heteroatoms. The van der Waals surface area contributed by atoms with Crippen LogP contribution in [0.1, 0.15) is 30.6 Å². The van der Waals surface area contributed by atoms with Crippen molar-refractivity contribution in [2.45, 2.75) is 26.3 Å². The second kappa shape index (κ2) is 6.64. The Hall–Kier alpha value is -2.04. The quantitative estimate of drug-likeness (QED) is 0.806. The van der Waals surface area contributed by atoms with E-state index in [0.717, 1.165) is 6.42 Å². The highest BCUT2D eigenvalue weighted by molar-refractivity contribution is 5.96. The average molecular weight is 251 g/mol. The summed E-state index contributed by atoms with van der Waals surface area (Å²) in [6.07, 6.45) is 0.915. The number of amides is 1. The van der Waals surface area contributed by atoms with Gasteiger partial charge in [-0.3, -0.25) is 9.59 Å². The van der Waals surface area contributed by atoms with Crippen molar-refractivity contribution in [3.8, 4) is 5.75 Å². The van der Waals surface area contributed by atoms with Gasteiger partial charge in [0, 0.05) is 5.56 Å². The summed E-state index contributed by atoms with van der Waals surface area (Å²) in [5.41, 5.74) is 0.409. The van der Waals surface area contributed by atoms with Gasteiger partial charge in [-0.2, -0.15) is 0 Å². The summed E-state index contributed by atoms with van der Waals surface area (Å²) in [7, 11) is 0. The lowest BCUT2D eigenvalue weighted by Gasteiger charge is -2.10. The second-order valence-corrected chi connectivity index (χ2v) is 3.91. The van der Waals surface area contributed by atoms with Crippen LogP contribution in [0.2, 0.25) is 0 Å². The van der Waals surface area contributed by atoms with Gasteiger partial charge in [0.25, 0.3) is 5.91 Å². The Morgan fingerprint density at radius 2 is 1.94 bits per heavy atom. The number of nitrogens with one attached hydrogen (secondary N) is 1. The van der Waals surface area contributed by atoms with E-state index >= 15 is 0 Å². The van der Waals surface area contributed by atoms with Crippen molar-refractivity contribution in [2.24, 2.45) is 0 Å². The summed E-state index contributed by atoms with van der Waals surface area (Å²) in [6.45, 7) is 4.05. The summed E-state index contributed by atoms with van der Waals surface area (Å²) in [6, 6.07) is 5.68. The molecule has 0 aromatic heterocycles. The minimum Gasteiger partial charge on any atom is -0.494 e. The van der Waals surface area contributed by atoms with E-state index in [1.165, 1.54) is 6.92 Å². The Kier molecular flexibility index (Phi) is 5.17. The molecule has 0 saturated heterocycles. The van der Waals surface area contributed by atoms with Crippen molar-refractivity contribution in [3.63, 3.8) is 0 Å². The first-order chi connectivity index (χ1) is 8.54. The van der Waals surface area contributed by atoms with Crippen LogP contribution in [0.5, 0.6) is 5.75 Å². The van der Waals surface area contributed by atoms with Gasteiger partial charge in [0.15, 0.2) is 0 Å². The molecule has 1 aromatic rings. The van der Waals surface area contributed by atoms with E-state index in [-0.39, 0.29) is 0 Å². The van der Waals surface area contributed by atoms with Crippen LogP contribution in [0.3, 0.4) is 0 Å². The Bertz CT molecular complexity index is 414.